The van der Waals surface area contributed by atoms with Gasteiger partial charge in [0.1, 0.15) is 5.84 Å². The predicted molar refractivity (Wildman–Crippen MR) is 90.9 cm³/mol. The van der Waals surface area contributed by atoms with E-state index in [1.54, 1.807) is 18.2 Å². The second-order valence-corrected chi connectivity index (χ2v) is 7.13. The molecule has 1 amide bonds. The highest BCUT2D eigenvalue weighted by molar-refractivity contribution is 7.90. The Balaban J connectivity index is 1.58. The number of halogens is 3. The monoisotopic (exact) mass is 398 g/mol. The number of amidine groups is 1. The van der Waals surface area contributed by atoms with Gasteiger partial charge in [0.15, 0.2) is 17.5 Å². The van der Waals surface area contributed by atoms with Gasteiger partial charge in [-0.05, 0) is 24.3 Å². The lowest BCUT2D eigenvalue weighted by atomic mass is 10.2. The number of rotatable bonds is 5. The quantitative estimate of drug-likeness (QED) is 0.527. The van der Waals surface area contributed by atoms with Gasteiger partial charge in [-0.25, -0.2) is 21.6 Å². The second kappa shape index (κ2) is 7.27. The molecule has 0 aliphatic carbocycles. The number of nitrogens with zero attached hydrogens (tertiary/aromatic N) is 1. The maximum atomic E-state index is 13.5. The SMILES string of the molecule is O=C(CCN=C1NS(=O)(=O)c2ccccc21)NNc1ccc(F)c(F)c1F. The van der Waals surface area contributed by atoms with E-state index in [0.29, 0.717) is 11.6 Å². The number of benzene rings is 2. The average molecular weight is 398 g/mol. The molecule has 0 atom stereocenters. The zero-order valence-electron chi connectivity index (χ0n) is 13.6. The summed E-state index contributed by atoms with van der Waals surface area (Å²) >= 11 is 0. The van der Waals surface area contributed by atoms with Crippen LogP contribution in [0.1, 0.15) is 12.0 Å². The largest absolute Gasteiger partial charge is 0.296 e. The third-order valence-electron chi connectivity index (χ3n) is 3.64. The lowest BCUT2D eigenvalue weighted by Crippen LogP contribution is -2.30. The molecule has 1 aliphatic heterocycles. The normalized spacial score (nSPS) is 15.9. The molecule has 2 aromatic rings. The first kappa shape index (κ1) is 18.7. The Labute approximate surface area is 152 Å². The van der Waals surface area contributed by atoms with Gasteiger partial charge in [-0.2, -0.15) is 0 Å². The zero-order chi connectivity index (χ0) is 19.6. The van der Waals surface area contributed by atoms with Crippen LogP contribution in [0.2, 0.25) is 0 Å². The fourth-order valence-electron chi connectivity index (χ4n) is 2.34. The van der Waals surface area contributed by atoms with E-state index in [1.807, 2.05) is 0 Å². The van der Waals surface area contributed by atoms with Gasteiger partial charge in [0.25, 0.3) is 10.0 Å². The fraction of sp³-hybridized carbons (Fsp3) is 0.125. The van der Waals surface area contributed by atoms with Crippen molar-refractivity contribution in [2.75, 3.05) is 12.0 Å². The number of nitrogens with one attached hydrogen (secondary N) is 3. The van der Waals surface area contributed by atoms with E-state index in [1.165, 1.54) is 6.07 Å². The molecule has 1 aliphatic rings. The van der Waals surface area contributed by atoms with E-state index in [-0.39, 0.29) is 23.7 Å². The first-order chi connectivity index (χ1) is 12.8. The number of hydrogen-bond acceptors (Lipinski definition) is 5. The molecule has 0 spiro atoms. The van der Waals surface area contributed by atoms with Gasteiger partial charge in [-0.15, -0.1) is 0 Å². The average Bonchev–Trinajstić information content (AvgIpc) is 2.90. The topological polar surface area (TPSA) is 99.7 Å². The minimum Gasteiger partial charge on any atom is -0.296 e. The maximum Gasteiger partial charge on any atom is 0.263 e. The summed E-state index contributed by atoms with van der Waals surface area (Å²) in [7, 11) is -3.67. The Morgan fingerprint density at radius 2 is 1.81 bits per heavy atom. The Bertz CT molecular complexity index is 1040. The summed E-state index contributed by atoms with van der Waals surface area (Å²) in [4.78, 5) is 15.9. The standard InChI is InChI=1S/C16H13F3N4O3S/c17-10-5-6-11(15(19)14(10)18)21-22-13(24)7-8-20-16-9-3-1-2-4-12(9)27(25,26)23-16/h1-6,21H,7-8H2,(H,20,23)(H,22,24). The van der Waals surface area contributed by atoms with Gasteiger partial charge in [-0.1, -0.05) is 12.1 Å². The maximum absolute atomic E-state index is 13.5. The van der Waals surface area contributed by atoms with Crippen LogP contribution in [0.15, 0.2) is 46.3 Å². The van der Waals surface area contributed by atoms with Crippen molar-refractivity contribution in [1.82, 2.24) is 10.1 Å². The van der Waals surface area contributed by atoms with Gasteiger partial charge in [-0.3, -0.25) is 25.4 Å². The molecular weight excluding hydrogens is 385 g/mol. The molecule has 3 N–H and O–H groups in total. The summed E-state index contributed by atoms with van der Waals surface area (Å²) in [5.41, 5.74) is 4.23. The van der Waals surface area contributed by atoms with Crippen molar-refractivity contribution in [3.63, 3.8) is 0 Å². The number of anilines is 1. The Morgan fingerprint density at radius 3 is 2.59 bits per heavy atom. The highest BCUT2D eigenvalue weighted by Gasteiger charge is 2.29. The molecule has 2 aromatic carbocycles. The smallest absolute Gasteiger partial charge is 0.263 e. The van der Waals surface area contributed by atoms with Crippen molar-refractivity contribution >= 4 is 27.5 Å². The summed E-state index contributed by atoms with van der Waals surface area (Å²) in [6.07, 6.45) is -0.161. The molecule has 3 rings (SSSR count). The van der Waals surface area contributed by atoms with Crippen LogP contribution >= 0.6 is 0 Å². The number of hydrogen-bond donors (Lipinski definition) is 3. The van der Waals surface area contributed by atoms with Crippen molar-refractivity contribution in [2.45, 2.75) is 11.3 Å². The van der Waals surface area contributed by atoms with E-state index in [4.69, 9.17) is 0 Å². The molecule has 0 fully saturated rings. The van der Waals surface area contributed by atoms with Crippen molar-refractivity contribution < 1.29 is 26.4 Å². The second-order valence-electron chi connectivity index (χ2n) is 5.48. The Morgan fingerprint density at radius 1 is 1.07 bits per heavy atom. The van der Waals surface area contributed by atoms with E-state index >= 15 is 0 Å². The summed E-state index contributed by atoms with van der Waals surface area (Å²) < 4.78 is 65.6. The number of fused-ring (bicyclic) bond motifs is 1. The van der Waals surface area contributed by atoms with Gasteiger partial charge in [0, 0.05) is 12.0 Å². The molecule has 0 radical (unpaired) electrons. The van der Waals surface area contributed by atoms with Crippen LogP contribution in [0.5, 0.6) is 0 Å². The molecule has 7 nitrogen and oxygen atoms in total. The minimum absolute atomic E-state index is 0.0556. The number of carbonyl (C=O) groups is 1. The van der Waals surface area contributed by atoms with E-state index in [9.17, 15) is 26.4 Å². The fourth-order valence-corrected chi connectivity index (χ4v) is 3.59. The Hall–Kier alpha value is -3.08. The third kappa shape index (κ3) is 3.87. The van der Waals surface area contributed by atoms with Crippen LogP contribution in [0.4, 0.5) is 18.9 Å². The van der Waals surface area contributed by atoms with Gasteiger partial charge in [0.05, 0.1) is 17.1 Å². The molecule has 142 valence electrons. The summed E-state index contributed by atoms with van der Waals surface area (Å²) in [6.45, 7) is -0.0556. The molecule has 27 heavy (non-hydrogen) atoms. The van der Waals surface area contributed by atoms with E-state index in [0.717, 1.165) is 6.07 Å². The minimum atomic E-state index is -3.67. The molecule has 11 heteroatoms. The van der Waals surface area contributed by atoms with E-state index < -0.39 is 39.1 Å². The van der Waals surface area contributed by atoms with Gasteiger partial charge in [0.2, 0.25) is 5.91 Å². The molecule has 1 heterocycles. The number of hydrazine groups is 1. The predicted octanol–water partition coefficient (Wildman–Crippen LogP) is 1.68. The summed E-state index contributed by atoms with van der Waals surface area (Å²) in [6, 6.07) is 7.90. The molecule has 0 saturated heterocycles. The van der Waals surface area contributed by atoms with Crippen LogP contribution in [0, 0.1) is 17.5 Å². The zero-order valence-corrected chi connectivity index (χ0v) is 14.4. The van der Waals surface area contributed by atoms with Crippen LogP contribution in [0.25, 0.3) is 0 Å². The highest BCUT2D eigenvalue weighted by Crippen LogP contribution is 2.22. The van der Waals surface area contributed by atoms with Crippen LogP contribution in [0.3, 0.4) is 0 Å². The van der Waals surface area contributed by atoms with Gasteiger partial charge < -0.3 is 0 Å². The summed E-state index contributed by atoms with van der Waals surface area (Å²) in [5.74, 6) is -4.96. The molecule has 0 bridgehead atoms. The lowest BCUT2D eigenvalue weighted by molar-refractivity contribution is -0.120. The molecule has 0 aromatic heterocycles. The first-order valence-corrected chi connectivity index (χ1v) is 9.13. The lowest BCUT2D eigenvalue weighted by Gasteiger charge is -2.09. The van der Waals surface area contributed by atoms with Crippen LogP contribution in [-0.2, 0) is 14.8 Å². The Kier molecular flexibility index (Phi) is 5.04. The van der Waals surface area contributed by atoms with Gasteiger partial charge >= 0.3 is 0 Å². The number of amides is 1. The van der Waals surface area contributed by atoms with Crippen molar-refractivity contribution in [2.24, 2.45) is 4.99 Å². The number of sulfonamides is 1. The molecule has 0 saturated carbocycles. The van der Waals surface area contributed by atoms with Crippen LogP contribution in [-0.4, -0.2) is 26.7 Å². The van der Waals surface area contributed by atoms with Crippen molar-refractivity contribution in [3.8, 4) is 0 Å². The molecule has 0 unspecified atom stereocenters. The summed E-state index contributed by atoms with van der Waals surface area (Å²) in [5, 5.41) is 0. The van der Waals surface area contributed by atoms with E-state index in [2.05, 4.69) is 20.6 Å². The van der Waals surface area contributed by atoms with Crippen LogP contribution < -0.4 is 15.6 Å². The third-order valence-corrected chi connectivity index (χ3v) is 5.04. The first-order valence-electron chi connectivity index (χ1n) is 7.64. The number of carbonyl (C=O) groups excluding carboxylic acids is 1. The number of aliphatic imine (C=N–C) groups is 1. The molecular formula is C16H13F3N4O3S. The van der Waals surface area contributed by atoms with Crippen molar-refractivity contribution in [3.05, 3.63) is 59.4 Å². The highest BCUT2D eigenvalue weighted by atomic mass is 32.2. The van der Waals surface area contributed by atoms with Crippen molar-refractivity contribution in [1.29, 1.82) is 0 Å².